The molecule has 3 aromatic rings. The Morgan fingerprint density at radius 3 is 2.55 bits per heavy atom. The lowest BCUT2D eigenvalue weighted by Crippen LogP contribution is -2.22. The van der Waals surface area contributed by atoms with Crippen LogP contribution in [0.25, 0.3) is 5.69 Å². The number of amides is 1. The molecule has 3 rings (SSSR count). The number of hydrogen-bond acceptors (Lipinski definition) is 6. The Morgan fingerprint density at radius 1 is 1.17 bits per heavy atom. The van der Waals surface area contributed by atoms with E-state index in [1.165, 1.54) is 25.3 Å². The Balaban J connectivity index is 1.73. The third-order valence-corrected chi connectivity index (χ3v) is 4.10. The van der Waals surface area contributed by atoms with Crippen molar-refractivity contribution in [2.45, 2.75) is 13.8 Å². The van der Waals surface area contributed by atoms with E-state index in [1.807, 2.05) is 38.1 Å². The Morgan fingerprint density at radius 2 is 1.90 bits per heavy atom. The molecule has 0 radical (unpaired) electrons. The molecule has 0 saturated heterocycles. The van der Waals surface area contributed by atoms with Crippen LogP contribution in [0.2, 0.25) is 0 Å². The minimum absolute atomic E-state index is 0.0193. The van der Waals surface area contributed by atoms with Crippen LogP contribution in [0.5, 0.6) is 11.5 Å². The normalized spacial score (nSPS) is 10.4. The van der Waals surface area contributed by atoms with Crippen LogP contribution >= 0.6 is 0 Å². The summed E-state index contributed by atoms with van der Waals surface area (Å²) in [5.74, 6) is 0.313. The van der Waals surface area contributed by atoms with Gasteiger partial charge >= 0.3 is 5.69 Å². The Labute approximate surface area is 167 Å². The van der Waals surface area contributed by atoms with Gasteiger partial charge < -0.3 is 14.8 Å². The van der Waals surface area contributed by atoms with Gasteiger partial charge in [-0.25, -0.2) is 4.68 Å². The van der Waals surface area contributed by atoms with Crippen LogP contribution < -0.4 is 14.8 Å². The van der Waals surface area contributed by atoms with Crippen LogP contribution in [0.3, 0.4) is 0 Å². The number of rotatable bonds is 7. The fraction of sp³-hybridized carbons (Fsp3) is 0.200. The molecular formula is C20H20N4O5. The van der Waals surface area contributed by atoms with Crippen LogP contribution in [0.4, 0.5) is 11.5 Å². The molecule has 0 unspecified atom stereocenters. The van der Waals surface area contributed by atoms with Crippen molar-refractivity contribution in [3.63, 3.8) is 0 Å². The van der Waals surface area contributed by atoms with Gasteiger partial charge in [-0.3, -0.25) is 14.9 Å². The van der Waals surface area contributed by atoms with E-state index >= 15 is 0 Å². The van der Waals surface area contributed by atoms with Crippen LogP contribution in [-0.2, 0) is 4.79 Å². The number of benzene rings is 2. The molecule has 0 bridgehead atoms. The van der Waals surface area contributed by atoms with E-state index in [0.717, 1.165) is 16.9 Å². The van der Waals surface area contributed by atoms with E-state index in [9.17, 15) is 14.9 Å². The summed E-state index contributed by atoms with van der Waals surface area (Å²) in [7, 11) is 1.41. The second-order valence-corrected chi connectivity index (χ2v) is 6.35. The van der Waals surface area contributed by atoms with Crippen LogP contribution in [0.1, 0.15) is 11.3 Å². The summed E-state index contributed by atoms with van der Waals surface area (Å²) < 4.78 is 12.0. The van der Waals surface area contributed by atoms with E-state index in [0.29, 0.717) is 11.6 Å². The molecule has 29 heavy (non-hydrogen) atoms. The lowest BCUT2D eigenvalue weighted by atomic mass is 10.2. The van der Waals surface area contributed by atoms with Crippen molar-refractivity contribution in [2.75, 3.05) is 19.0 Å². The van der Waals surface area contributed by atoms with Crippen LogP contribution in [0, 0.1) is 24.0 Å². The summed E-state index contributed by atoms with van der Waals surface area (Å²) in [6.45, 7) is 3.40. The van der Waals surface area contributed by atoms with Crippen LogP contribution in [0.15, 0.2) is 48.5 Å². The number of aryl methyl sites for hydroxylation is 2. The van der Waals surface area contributed by atoms with E-state index in [2.05, 4.69) is 10.4 Å². The predicted molar refractivity (Wildman–Crippen MR) is 107 cm³/mol. The number of nitro groups is 1. The summed E-state index contributed by atoms with van der Waals surface area (Å²) in [5, 5.41) is 18.3. The summed E-state index contributed by atoms with van der Waals surface area (Å²) in [6.07, 6.45) is 0. The minimum atomic E-state index is -0.592. The second-order valence-electron chi connectivity index (χ2n) is 6.35. The van der Waals surface area contributed by atoms with Gasteiger partial charge in [0.15, 0.2) is 12.4 Å². The number of nitrogens with one attached hydrogen (secondary N) is 1. The molecule has 2 aromatic carbocycles. The molecule has 1 N–H and O–H groups in total. The van der Waals surface area contributed by atoms with Crippen molar-refractivity contribution in [1.82, 2.24) is 9.78 Å². The highest BCUT2D eigenvalue weighted by atomic mass is 16.6. The van der Waals surface area contributed by atoms with Gasteiger partial charge in [-0.2, -0.15) is 5.10 Å². The fourth-order valence-corrected chi connectivity index (χ4v) is 2.68. The summed E-state index contributed by atoms with van der Waals surface area (Å²) in [4.78, 5) is 23.0. The molecule has 150 valence electrons. The zero-order valence-electron chi connectivity index (χ0n) is 16.2. The largest absolute Gasteiger partial charge is 0.496 e. The number of carbonyl (C=O) groups excluding carboxylic acids is 1. The lowest BCUT2D eigenvalue weighted by Gasteiger charge is -2.10. The third-order valence-electron chi connectivity index (χ3n) is 4.10. The van der Waals surface area contributed by atoms with Crippen LogP contribution in [-0.4, -0.2) is 34.3 Å². The SMILES string of the molecule is COc1ccc(OCC(=O)Nc2cc(C)nn2-c2ccc(C)cc2)c([N+](=O)[O-])c1. The van der Waals surface area contributed by atoms with Gasteiger partial charge in [0.05, 0.1) is 29.5 Å². The van der Waals surface area contributed by atoms with Crippen molar-refractivity contribution >= 4 is 17.4 Å². The van der Waals surface area contributed by atoms with Crippen molar-refractivity contribution in [3.8, 4) is 17.2 Å². The van der Waals surface area contributed by atoms with Gasteiger partial charge in [0, 0.05) is 6.07 Å². The standard InChI is InChI=1S/C20H20N4O5/c1-13-4-6-15(7-5-13)23-19(10-14(2)22-23)21-20(25)12-29-18-9-8-16(28-3)11-17(18)24(26)27/h4-11H,12H2,1-3H3,(H,21,25). The minimum Gasteiger partial charge on any atom is -0.496 e. The lowest BCUT2D eigenvalue weighted by molar-refractivity contribution is -0.385. The van der Waals surface area contributed by atoms with E-state index in [4.69, 9.17) is 9.47 Å². The maximum atomic E-state index is 12.4. The zero-order chi connectivity index (χ0) is 21.0. The van der Waals surface area contributed by atoms with Gasteiger partial charge in [0.1, 0.15) is 11.6 Å². The number of methoxy groups -OCH3 is 1. The average molecular weight is 396 g/mol. The quantitative estimate of drug-likeness (QED) is 0.484. The van der Waals surface area contributed by atoms with Crippen molar-refractivity contribution in [2.24, 2.45) is 0 Å². The zero-order valence-corrected chi connectivity index (χ0v) is 16.2. The Kier molecular flexibility index (Phi) is 5.77. The van der Waals surface area contributed by atoms with Crippen molar-refractivity contribution in [3.05, 3.63) is 69.9 Å². The first kappa shape index (κ1) is 19.9. The smallest absolute Gasteiger partial charge is 0.314 e. The number of nitro benzene ring substituents is 1. The Bertz CT molecular complexity index is 1040. The summed E-state index contributed by atoms with van der Waals surface area (Å²) >= 11 is 0. The number of hydrogen-bond donors (Lipinski definition) is 1. The molecule has 9 heteroatoms. The molecule has 0 aliphatic carbocycles. The second kappa shape index (κ2) is 8.42. The first-order valence-electron chi connectivity index (χ1n) is 8.76. The highest BCUT2D eigenvalue weighted by Crippen LogP contribution is 2.31. The number of aromatic nitrogens is 2. The van der Waals surface area contributed by atoms with Gasteiger partial charge in [0.2, 0.25) is 0 Å². The van der Waals surface area contributed by atoms with E-state index < -0.39 is 17.4 Å². The summed E-state index contributed by atoms with van der Waals surface area (Å²) in [5.41, 5.74) is 2.36. The fourth-order valence-electron chi connectivity index (χ4n) is 2.68. The highest BCUT2D eigenvalue weighted by molar-refractivity contribution is 5.91. The monoisotopic (exact) mass is 396 g/mol. The molecule has 0 aliphatic heterocycles. The molecule has 0 fully saturated rings. The van der Waals surface area contributed by atoms with Gasteiger partial charge in [0.25, 0.3) is 5.91 Å². The van der Waals surface area contributed by atoms with Gasteiger partial charge in [-0.1, -0.05) is 17.7 Å². The van der Waals surface area contributed by atoms with Gasteiger partial charge in [-0.15, -0.1) is 0 Å². The molecule has 0 atom stereocenters. The number of nitrogens with zero attached hydrogens (tertiary/aromatic N) is 3. The molecule has 9 nitrogen and oxygen atoms in total. The number of anilines is 1. The Hall–Kier alpha value is -3.88. The molecular weight excluding hydrogens is 376 g/mol. The average Bonchev–Trinajstić information content (AvgIpc) is 3.06. The predicted octanol–water partition coefficient (Wildman–Crippen LogP) is 3.42. The van der Waals surface area contributed by atoms with Crippen molar-refractivity contribution in [1.29, 1.82) is 0 Å². The third kappa shape index (κ3) is 4.70. The first-order valence-corrected chi connectivity index (χ1v) is 8.76. The van der Waals surface area contributed by atoms with Gasteiger partial charge in [-0.05, 0) is 38.1 Å². The summed E-state index contributed by atoms with van der Waals surface area (Å²) in [6, 6.07) is 13.6. The molecule has 1 amide bonds. The number of ether oxygens (including phenoxy) is 2. The van der Waals surface area contributed by atoms with E-state index in [1.54, 1.807) is 10.7 Å². The maximum Gasteiger partial charge on any atom is 0.314 e. The first-order chi connectivity index (χ1) is 13.9. The van der Waals surface area contributed by atoms with Crippen molar-refractivity contribution < 1.29 is 19.2 Å². The molecule has 0 saturated carbocycles. The molecule has 1 aromatic heterocycles. The molecule has 0 aliphatic rings. The molecule has 1 heterocycles. The molecule has 0 spiro atoms. The van der Waals surface area contributed by atoms with E-state index in [-0.39, 0.29) is 11.4 Å². The topological polar surface area (TPSA) is 109 Å². The number of carbonyl (C=O) groups is 1. The highest BCUT2D eigenvalue weighted by Gasteiger charge is 2.18. The maximum absolute atomic E-state index is 12.4.